The third-order valence-corrected chi connectivity index (χ3v) is 5.10. The van der Waals surface area contributed by atoms with Gasteiger partial charge in [-0.3, -0.25) is 9.78 Å². The second kappa shape index (κ2) is 7.89. The number of aliphatic imine (C=N–C) groups is 1. The van der Waals surface area contributed by atoms with Crippen molar-refractivity contribution in [2.45, 2.75) is 18.6 Å². The summed E-state index contributed by atoms with van der Waals surface area (Å²) in [6, 6.07) is 3.43. The first kappa shape index (κ1) is 19.1. The Hall–Kier alpha value is -2.72. The molecule has 2 atom stereocenters. The largest absolute Gasteiger partial charge is 0.494 e. The molecule has 27 heavy (non-hydrogen) atoms. The van der Waals surface area contributed by atoms with Crippen LogP contribution in [0.25, 0.3) is 0 Å². The lowest BCUT2D eigenvalue weighted by Crippen LogP contribution is -2.43. The van der Waals surface area contributed by atoms with Crippen molar-refractivity contribution in [1.82, 2.24) is 15.0 Å². The molecule has 0 saturated heterocycles. The Morgan fingerprint density at radius 1 is 1.33 bits per heavy atom. The number of thioether (sulfide) groups is 1. The molecule has 1 aliphatic rings. The Balaban J connectivity index is 1.84. The monoisotopic (exact) mass is 388 g/mol. The zero-order chi connectivity index (χ0) is 19.4. The number of rotatable bonds is 5. The molecule has 2 aromatic heterocycles. The Labute approximate surface area is 160 Å². The summed E-state index contributed by atoms with van der Waals surface area (Å²) in [4.78, 5) is 29.3. The molecular weight excluding hydrogens is 368 g/mol. The standard InChI is InChI=1S/C17H20N6O3S/c1-17(13(26-3)9-27-16(18)23-17)12-6-10(4-5-19-12)22-15(24)14-20-7-11(25-2)8-21-14/h4-8,13H,9H2,1-3H3,(H2,18,23)(H,19,22,24)/t13-,17-/m1/s1. The third-order valence-electron chi connectivity index (χ3n) is 4.24. The first-order chi connectivity index (χ1) is 13.0. The normalized spacial score (nSPS) is 22.0. The molecule has 0 bridgehead atoms. The minimum atomic E-state index is -0.749. The SMILES string of the molecule is COc1cnc(C(=O)Nc2ccnc([C@@]3(C)N=C(N)SC[C@H]3OC)c2)nc1. The highest BCUT2D eigenvalue weighted by molar-refractivity contribution is 8.13. The molecule has 3 rings (SSSR count). The molecule has 0 fully saturated rings. The third kappa shape index (κ3) is 4.01. The van der Waals surface area contributed by atoms with Crippen LogP contribution in [0.5, 0.6) is 5.75 Å². The van der Waals surface area contributed by atoms with Crippen molar-refractivity contribution < 1.29 is 14.3 Å². The molecule has 3 heterocycles. The number of ether oxygens (including phenoxy) is 2. The van der Waals surface area contributed by atoms with Crippen LogP contribution in [-0.4, -0.2) is 52.1 Å². The van der Waals surface area contributed by atoms with Gasteiger partial charge in [-0.15, -0.1) is 0 Å². The van der Waals surface area contributed by atoms with Gasteiger partial charge >= 0.3 is 0 Å². The molecule has 2 aromatic rings. The van der Waals surface area contributed by atoms with E-state index >= 15 is 0 Å². The van der Waals surface area contributed by atoms with E-state index in [1.807, 2.05) is 6.92 Å². The van der Waals surface area contributed by atoms with E-state index in [1.165, 1.54) is 31.3 Å². The molecule has 3 N–H and O–H groups in total. The van der Waals surface area contributed by atoms with Crippen molar-refractivity contribution in [3.8, 4) is 5.75 Å². The van der Waals surface area contributed by atoms with Crippen molar-refractivity contribution in [2.24, 2.45) is 10.7 Å². The van der Waals surface area contributed by atoms with Crippen molar-refractivity contribution in [1.29, 1.82) is 0 Å². The van der Waals surface area contributed by atoms with Gasteiger partial charge in [-0.2, -0.15) is 0 Å². The molecule has 1 amide bonds. The number of aromatic nitrogens is 3. The van der Waals surface area contributed by atoms with E-state index in [0.717, 1.165) is 0 Å². The van der Waals surface area contributed by atoms with Gasteiger partial charge < -0.3 is 20.5 Å². The van der Waals surface area contributed by atoms with Gasteiger partial charge in [0.25, 0.3) is 5.91 Å². The average molecular weight is 388 g/mol. The van der Waals surface area contributed by atoms with Crippen LogP contribution in [0.3, 0.4) is 0 Å². The topological polar surface area (TPSA) is 125 Å². The summed E-state index contributed by atoms with van der Waals surface area (Å²) in [5.74, 6) is 0.735. The molecule has 0 saturated carbocycles. The molecule has 142 valence electrons. The maximum atomic E-state index is 12.4. The summed E-state index contributed by atoms with van der Waals surface area (Å²) in [7, 11) is 3.14. The van der Waals surface area contributed by atoms with Gasteiger partial charge in [0.1, 0.15) is 5.54 Å². The number of amides is 1. The molecule has 10 heteroatoms. The summed E-state index contributed by atoms with van der Waals surface area (Å²) >= 11 is 1.44. The van der Waals surface area contributed by atoms with E-state index < -0.39 is 11.4 Å². The van der Waals surface area contributed by atoms with Gasteiger partial charge in [0, 0.05) is 24.7 Å². The Bertz CT molecular complexity index is 860. The fourth-order valence-electron chi connectivity index (χ4n) is 2.69. The van der Waals surface area contributed by atoms with Crippen LogP contribution in [0.2, 0.25) is 0 Å². The van der Waals surface area contributed by atoms with Crippen LogP contribution in [0.15, 0.2) is 35.7 Å². The number of nitrogens with one attached hydrogen (secondary N) is 1. The zero-order valence-corrected chi connectivity index (χ0v) is 16.0. The van der Waals surface area contributed by atoms with Crippen LogP contribution in [0, 0.1) is 0 Å². The van der Waals surface area contributed by atoms with Crippen molar-refractivity contribution >= 4 is 28.5 Å². The summed E-state index contributed by atoms with van der Waals surface area (Å²) < 4.78 is 10.6. The number of nitrogens with zero attached hydrogens (tertiary/aromatic N) is 4. The summed E-state index contributed by atoms with van der Waals surface area (Å²) in [5, 5.41) is 3.25. The van der Waals surface area contributed by atoms with Crippen LogP contribution in [-0.2, 0) is 10.3 Å². The summed E-state index contributed by atoms with van der Waals surface area (Å²) in [6.45, 7) is 1.91. The number of carbonyl (C=O) groups excluding carboxylic acids is 1. The number of hydrogen-bond donors (Lipinski definition) is 2. The van der Waals surface area contributed by atoms with Crippen LogP contribution in [0.1, 0.15) is 23.2 Å². The number of anilines is 1. The number of nitrogens with two attached hydrogens (primary N) is 1. The number of hydrogen-bond acceptors (Lipinski definition) is 9. The quantitative estimate of drug-likeness (QED) is 0.788. The lowest BCUT2D eigenvalue weighted by Gasteiger charge is -2.36. The highest BCUT2D eigenvalue weighted by atomic mass is 32.2. The van der Waals surface area contributed by atoms with Crippen LogP contribution < -0.4 is 15.8 Å². The van der Waals surface area contributed by atoms with E-state index in [9.17, 15) is 4.79 Å². The van der Waals surface area contributed by atoms with Crippen LogP contribution >= 0.6 is 11.8 Å². The zero-order valence-electron chi connectivity index (χ0n) is 15.2. The Morgan fingerprint density at radius 2 is 2.07 bits per heavy atom. The predicted octanol–water partition coefficient (Wildman–Crippen LogP) is 1.42. The molecule has 1 aliphatic heterocycles. The van der Waals surface area contributed by atoms with Gasteiger partial charge in [0.15, 0.2) is 10.9 Å². The van der Waals surface area contributed by atoms with Gasteiger partial charge in [-0.05, 0) is 19.1 Å². The second-order valence-corrected chi connectivity index (χ2v) is 7.00. The minimum Gasteiger partial charge on any atom is -0.494 e. The van der Waals surface area contributed by atoms with Gasteiger partial charge in [0.05, 0.1) is 31.3 Å². The summed E-state index contributed by atoms with van der Waals surface area (Å²) in [5.41, 5.74) is 6.36. The number of carbonyl (C=O) groups is 1. The molecule has 0 aromatic carbocycles. The molecule has 0 spiro atoms. The highest BCUT2D eigenvalue weighted by Crippen LogP contribution is 2.36. The number of methoxy groups -OCH3 is 2. The predicted molar refractivity (Wildman–Crippen MR) is 103 cm³/mol. The Morgan fingerprint density at radius 3 is 2.74 bits per heavy atom. The number of amidine groups is 1. The van der Waals surface area contributed by atoms with Gasteiger partial charge in [0.2, 0.25) is 5.82 Å². The van der Waals surface area contributed by atoms with Crippen molar-refractivity contribution in [2.75, 3.05) is 25.3 Å². The molecule has 0 unspecified atom stereocenters. The van der Waals surface area contributed by atoms with Gasteiger partial charge in [-0.1, -0.05) is 11.8 Å². The fourth-order valence-corrected chi connectivity index (χ4v) is 3.72. The average Bonchev–Trinajstić information content (AvgIpc) is 2.68. The lowest BCUT2D eigenvalue weighted by atomic mass is 9.91. The van der Waals surface area contributed by atoms with E-state index in [2.05, 4.69) is 25.3 Å². The molecular formula is C17H20N6O3S. The first-order valence-corrected chi connectivity index (χ1v) is 9.09. The van der Waals surface area contributed by atoms with E-state index in [-0.39, 0.29) is 11.9 Å². The second-order valence-electron chi connectivity index (χ2n) is 5.96. The van der Waals surface area contributed by atoms with E-state index in [1.54, 1.807) is 25.4 Å². The first-order valence-electron chi connectivity index (χ1n) is 8.11. The molecule has 9 nitrogen and oxygen atoms in total. The smallest absolute Gasteiger partial charge is 0.293 e. The lowest BCUT2D eigenvalue weighted by molar-refractivity contribution is 0.0576. The Kier molecular flexibility index (Phi) is 5.57. The maximum Gasteiger partial charge on any atom is 0.293 e. The summed E-state index contributed by atoms with van der Waals surface area (Å²) in [6.07, 6.45) is 4.27. The van der Waals surface area contributed by atoms with Gasteiger partial charge in [-0.25, -0.2) is 15.0 Å². The van der Waals surface area contributed by atoms with E-state index in [4.69, 9.17) is 15.2 Å². The van der Waals surface area contributed by atoms with Crippen molar-refractivity contribution in [3.05, 3.63) is 42.2 Å². The number of pyridine rings is 1. The van der Waals surface area contributed by atoms with Crippen LogP contribution in [0.4, 0.5) is 5.69 Å². The van der Waals surface area contributed by atoms with E-state index in [0.29, 0.717) is 28.1 Å². The molecule has 0 aliphatic carbocycles. The highest BCUT2D eigenvalue weighted by Gasteiger charge is 2.40. The maximum absolute atomic E-state index is 12.4. The minimum absolute atomic E-state index is 0.0338. The molecule has 0 radical (unpaired) electrons. The fraction of sp³-hybridized carbons (Fsp3) is 0.353. The van der Waals surface area contributed by atoms with Crippen molar-refractivity contribution in [3.63, 3.8) is 0 Å².